The lowest BCUT2D eigenvalue weighted by molar-refractivity contribution is 0.415. The molecule has 0 aliphatic rings. The maximum absolute atomic E-state index is 5.17. The second kappa shape index (κ2) is 3.93. The molecule has 0 aliphatic carbocycles. The molecule has 3 heteroatoms. The monoisotopic (exact) mass is 204 g/mol. The zero-order valence-corrected chi connectivity index (χ0v) is 9.37. The lowest BCUT2D eigenvalue weighted by atomic mass is 10.1. The Kier molecular flexibility index (Phi) is 2.62. The molecule has 0 spiro atoms. The molecular weight excluding hydrogens is 188 g/mol. The Bertz CT molecular complexity index is 462. The fourth-order valence-corrected chi connectivity index (χ4v) is 1.56. The highest BCUT2D eigenvalue weighted by Gasteiger charge is 2.08. The van der Waals surface area contributed by atoms with E-state index in [1.54, 1.807) is 7.11 Å². The maximum atomic E-state index is 5.17. The Labute approximate surface area is 89.5 Å². The van der Waals surface area contributed by atoms with Crippen molar-refractivity contribution in [2.45, 2.75) is 26.2 Å². The number of methoxy groups -OCH3 is 1. The van der Waals surface area contributed by atoms with Crippen molar-refractivity contribution < 1.29 is 4.74 Å². The second-order valence-electron chi connectivity index (χ2n) is 3.81. The van der Waals surface area contributed by atoms with Gasteiger partial charge in [-0.2, -0.15) is 0 Å². The summed E-state index contributed by atoms with van der Waals surface area (Å²) in [4.78, 5) is 7.88. The lowest BCUT2D eigenvalue weighted by Crippen LogP contribution is -1.92. The first kappa shape index (κ1) is 10.0. The molecule has 2 aromatic rings. The fourth-order valence-electron chi connectivity index (χ4n) is 1.56. The number of rotatable bonds is 3. The van der Waals surface area contributed by atoms with Crippen LogP contribution < -0.4 is 4.74 Å². The first-order valence-electron chi connectivity index (χ1n) is 5.28. The van der Waals surface area contributed by atoms with Crippen LogP contribution in [0.3, 0.4) is 0 Å². The Morgan fingerprint density at radius 2 is 2.27 bits per heavy atom. The van der Waals surface area contributed by atoms with E-state index < -0.39 is 0 Å². The molecule has 0 aliphatic heterocycles. The van der Waals surface area contributed by atoms with E-state index in [4.69, 9.17) is 4.74 Å². The van der Waals surface area contributed by atoms with Crippen LogP contribution in [0.2, 0.25) is 0 Å². The predicted octanol–water partition coefficient (Wildman–Crippen LogP) is 3.09. The second-order valence-corrected chi connectivity index (χ2v) is 3.81. The van der Waals surface area contributed by atoms with E-state index in [-0.39, 0.29) is 0 Å². The first-order valence-corrected chi connectivity index (χ1v) is 5.28. The van der Waals surface area contributed by atoms with E-state index in [1.807, 2.05) is 18.2 Å². The number of fused-ring (bicyclic) bond motifs is 1. The molecule has 80 valence electrons. The summed E-state index contributed by atoms with van der Waals surface area (Å²) in [5, 5.41) is 0. The van der Waals surface area contributed by atoms with Gasteiger partial charge in [-0.15, -0.1) is 0 Å². The van der Waals surface area contributed by atoms with E-state index in [0.717, 1.165) is 29.0 Å². The zero-order chi connectivity index (χ0) is 10.8. The van der Waals surface area contributed by atoms with Crippen LogP contribution >= 0.6 is 0 Å². The molecule has 1 aromatic carbocycles. The predicted molar refractivity (Wildman–Crippen MR) is 61.4 cm³/mol. The largest absolute Gasteiger partial charge is 0.497 e. The molecule has 0 saturated carbocycles. The standard InChI is InChI=1S/C12H16N2O/c1-4-8(2)12-13-10-6-5-9(15-3)7-11(10)14-12/h5-8H,4H2,1-3H3,(H,13,14). The molecule has 0 fully saturated rings. The molecule has 1 atom stereocenters. The van der Waals surface area contributed by atoms with Crippen molar-refractivity contribution in [2.24, 2.45) is 0 Å². The summed E-state index contributed by atoms with van der Waals surface area (Å²) in [6.45, 7) is 4.34. The van der Waals surface area contributed by atoms with Crippen LogP contribution in [0.5, 0.6) is 5.75 Å². The van der Waals surface area contributed by atoms with E-state index in [1.165, 1.54) is 0 Å². The van der Waals surface area contributed by atoms with Gasteiger partial charge in [0.2, 0.25) is 0 Å². The number of hydrogen-bond donors (Lipinski definition) is 1. The highest BCUT2D eigenvalue weighted by molar-refractivity contribution is 5.76. The average Bonchev–Trinajstić information content (AvgIpc) is 2.70. The van der Waals surface area contributed by atoms with Crippen LogP contribution in [-0.2, 0) is 0 Å². The van der Waals surface area contributed by atoms with Gasteiger partial charge < -0.3 is 9.72 Å². The third-order valence-electron chi connectivity index (χ3n) is 2.79. The van der Waals surface area contributed by atoms with Crippen LogP contribution in [0.1, 0.15) is 32.0 Å². The molecule has 3 nitrogen and oxygen atoms in total. The summed E-state index contributed by atoms with van der Waals surface area (Å²) in [6.07, 6.45) is 1.09. The topological polar surface area (TPSA) is 37.9 Å². The van der Waals surface area contributed by atoms with Crippen LogP contribution in [0.4, 0.5) is 0 Å². The van der Waals surface area contributed by atoms with Gasteiger partial charge in [-0.25, -0.2) is 4.98 Å². The Morgan fingerprint density at radius 1 is 1.47 bits per heavy atom. The summed E-state index contributed by atoms with van der Waals surface area (Å²) in [5.41, 5.74) is 2.05. The van der Waals surface area contributed by atoms with Gasteiger partial charge in [0, 0.05) is 12.0 Å². The number of aromatic nitrogens is 2. The smallest absolute Gasteiger partial charge is 0.121 e. The minimum absolute atomic E-state index is 0.475. The van der Waals surface area contributed by atoms with Crippen molar-refractivity contribution in [2.75, 3.05) is 7.11 Å². The minimum Gasteiger partial charge on any atom is -0.497 e. The average molecular weight is 204 g/mol. The number of aromatic amines is 1. The summed E-state index contributed by atoms with van der Waals surface area (Å²) in [7, 11) is 1.67. The molecule has 0 saturated heterocycles. The Morgan fingerprint density at radius 3 is 2.93 bits per heavy atom. The van der Waals surface area contributed by atoms with Crippen LogP contribution in [-0.4, -0.2) is 17.1 Å². The summed E-state index contributed by atoms with van der Waals surface area (Å²) < 4.78 is 5.17. The number of hydrogen-bond acceptors (Lipinski definition) is 2. The van der Waals surface area contributed by atoms with Gasteiger partial charge in [0.05, 0.1) is 18.1 Å². The SMILES string of the molecule is CCC(C)c1nc2ccc(OC)cc2[nH]1. The number of ether oxygens (including phenoxy) is 1. The molecular formula is C12H16N2O. The molecule has 1 N–H and O–H groups in total. The number of benzene rings is 1. The highest BCUT2D eigenvalue weighted by Crippen LogP contribution is 2.22. The van der Waals surface area contributed by atoms with E-state index >= 15 is 0 Å². The summed E-state index contributed by atoms with van der Waals surface area (Å²) >= 11 is 0. The summed E-state index contributed by atoms with van der Waals surface area (Å²) in [5.74, 6) is 2.39. The first-order chi connectivity index (χ1) is 7.24. The van der Waals surface area contributed by atoms with Crippen molar-refractivity contribution in [1.29, 1.82) is 0 Å². The van der Waals surface area contributed by atoms with E-state index in [0.29, 0.717) is 5.92 Å². The molecule has 0 amide bonds. The van der Waals surface area contributed by atoms with Crippen molar-refractivity contribution in [3.63, 3.8) is 0 Å². The van der Waals surface area contributed by atoms with E-state index in [9.17, 15) is 0 Å². The number of imidazole rings is 1. The zero-order valence-electron chi connectivity index (χ0n) is 9.37. The van der Waals surface area contributed by atoms with Gasteiger partial charge in [0.25, 0.3) is 0 Å². The van der Waals surface area contributed by atoms with E-state index in [2.05, 4.69) is 23.8 Å². The minimum atomic E-state index is 0.475. The van der Waals surface area contributed by atoms with Gasteiger partial charge >= 0.3 is 0 Å². The third kappa shape index (κ3) is 1.82. The maximum Gasteiger partial charge on any atom is 0.121 e. The number of H-pyrrole nitrogens is 1. The third-order valence-corrected chi connectivity index (χ3v) is 2.79. The summed E-state index contributed by atoms with van der Waals surface area (Å²) in [6, 6.07) is 5.90. The number of nitrogens with zero attached hydrogens (tertiary/aromatic N) is 1. The van der Waals surface area contributed by atoms with Gasteiger partial charge in [-0.3, -0.25) is 0 Å². The molecule has 1 aromatic heterocycles. The molecule has 1 heterocycles. The molecule has 2 rings (SSSR count). The van der Waals surface area contributed by atoms with Crippen molar-refractivity contribution in [1.82, 2.24) is 9.97 Å². The molecule has 15 heavy (non-hydrogen) atoms. The van der Waals surface area contributed by atoms with Crippen molar-refractivity contribution >= 4 is 11.0 Å². The van der Waals surface area contributed by atoms with Gasteiger partial charge in [-0.1, -0.05) is 13.8 Å². The fraction of sp³-hybridized carbons (Fsp3) is 0.417. The highest BCUT2D eigenvalue weighted by atomic mass is 16.5. The normalized spacial score (nSPS) is 13.0. The number of nitrogens with one attached hydrogen (secondary N) is 1. The van der Waals surface area contributed by atoms with Crippen LogP contribution in [0, 0.1) is 0 Å². The molecule has 0 bridgehead atoms. The molecule has 0 radical (unpaired) electrons. The van der Waals surface area contributed by atoms with Crippen LogP contribution in [0.15, 0.2) is 18.2 Å². The molecule has 1 unspecified atom stereocenters. The lowest BCUT2D eigenvalue weighted by Gasteiger charge is -2.01. The van der Waals surface area contributed by atoms with Crippen molar-refractivity contribution in [3.05, 3.63) is 24.0 Å². The van der Waals surface area contributed by atoms with Gasteiger partial charge in [-0.05, 0) is 18.6 Å². The quantitative estimate of drug-likeness (QED) is 0.834. The Hall–Kier alpha value is -1.51. The van der Waals surface area contributed by atoms with Crippen LogP contribution in [0.25, 0.3) is 11.0 Å². The van der Waals surface area contributed by atoms with Gasteiger partial charge in [0.15, 0.2) is 0 Å². The van der Waals surface area contributed by atoms with Crippen molar-refractivity contribution in [3.8, 4) is 5.75 Å². The van der Waals surface area contributed by atoms with Gasteiger partial charge in [0.1, 0.15) is 11.6 Å². The Balaban J connectivity index is 2.46.